The highest BCUT2D eigenvalue weighted by molar-refractivity contribution is 6.31. The second-order valence-electron chi connectivity index (χ2n) is 19.2. The third-order valence-corrected chi connectivity index (χ3v) is 12.0. The fraction of sp³-hybridized carbons (Fsp3) is 0.423. The zero-order chi connectivity index (χ0) is 51.5. The minimum absolute atomic E-state index is 0.0137. The molecule has 16 nitrogen and oxygen atoms in total. The van der Waals surface area contributed by atoms with Gasteiger partial charge in [-0.05, 0) is 152 Å². The Balaban J connectivity index is 0.000000261. The quantitative estimate of drug-likeness (QED) is 0.0473. The van der Waals surface area contributed by atoms with Crippen molar-refractivity contribution in [3.8, 4) is 11.5 Å². The molecule has 18 heteroatoms. The highest BCUT2D eigenvalue weighted by Crippen LogP contribution is 2.25. The summed E-state index contributed by atoms with van der Waals surface area (Å²) in [5, 5.41) is 20.0. The molecule has 0 radical (unpaired) electrons. The summed E-state index contributed by atoms with van der Waals surface area (Å²) in [6.07, 6.45) is 3.28. The highest BCUT2D eigenvalue weighted by Gasteiger charge is 2.24. The van der Waals surface area contributed by atoms with Gasteiger partial charge in [0.1, 0.15) is 22.7 Å². The molecular weight excluding hydrogens is 940 g/mol. The van der Waals surface area contributed by atoms with Gasteiger partial charge < -0.3 is 39.5 Å². The van der Waals surface area contributed by atoms with E-state index in [1.54, 1.807) is 84.6 Å². The first kappa shape index (κ1) is 54.4. The molecule has 0 aliphatic rings. The Morgan fingerprint density at radius 1 is 0.557 bits per heavy atom. The predicted octanol–water partition coefficient (Wildman–Crippen LogP) is 10.1. The molecule has 4 aromatic carbocycles. The minimum Gasteiger partial charge on any atom is -0.508 e. The summed E-state index contributed by atoms with van der Waals surface area (Å²) in [6, 6.07) is 19.9. The van der Waals surface area contributed by atoms with Gasteiger partial charge >= 0.3 is 23.6 Å². The van der Waals surface area contributed by atoms with Crippen LogP contribution in [0.25, 0.3) is 22.1 Å². The van der Waals surface area contributed by atoms with Gasteiger partial charge in [0.2, 0.25) is 0 Å². The summed E-state index contributed by atoms with van der Waals surface area (Å²) in [6.45, 7) is 12.5. The SMILES string of the molecule is Cn1c(=O)[nH]c2cc(C(=O)CCCCN(CCc3ccc(O)cc3Cl)C(=O)OC(C)(C)C)ccc21.Cn1c(=O)[nH]c2ccc(C(=O)CCCCN(CCc3ccc(O)cc3Cl)C(=O)OC(C)(C)C)cc21. The highest BCUT2D eigenvalue weighted by atomic mass is 35.5. The van der Waals surface area contributed by atoms with Crippen molar-refractivity contribution in [3.63, 3.8) is 0 Å². The molecule has 2 heterocycles. The second-order valence-corrected chi connectivity index (χ2v) is 20.0. The fourth-order valence-corrected chi connectivity index (χ4v) is 8.04. The number of aromatic hydroxyl groups is 2. The smallest absolute Gasteiger partial charge is 0.410 e. The zero-order valence-electron chi connectivity index (χ0n) is 41.1. The summed E-state index contributed by atoms with van der Waals surface area (Å²) < 4.78 is 14.1. The van der Waals surface area contributed by atoms with Crippen molar-refractivity contribution in [3.05, 3.63) is 126 Å². The van der Waals surface area contributed by atoms with E-state index in [-0.39, 0.29) is 34.4 Å². The van der Waals surface area contributed by atoms with Crippen LogP contribution in [0.4, 0.5) is 9.59 Å². The molecule has 0 bridgehead atoms. The van der Waals surface area contributed by atoms with Crippen LogP contribution >= 0.6 is 23.2 Å². The Morgan fingerprint density at radius 3 is 1.44 bits per heavy atom. The summed E-state index contributed by atoms with van der Waals surface area (Å²) in [4.78, 5) is 83.2. The predicted molar refractivity (Wildman–Crippen MR) is 273 cm³/mol. The lowest BCUT2D eigenvalue weighted by Gasteiger charge is -2.27. The van der Waals surface area contributed by atoms with Crippen LogP contribution in [0, 0.1) is 0 Å². The van der Waals surface area contributed by atoms with E-state index in [1.807, 2.05) is 41.5 Å². The van der Waals surface area contributed by atoms with E-state index in [0.717, 1.165) is 16.6 Å². The lowest BCUT2D eigenvalue weighted by Crippen LogP contribution is -2.38. The molecule has 0 aliphatic carbocycles. The monoisotopic (exact) mass is 1000 g/mol. The third-order valence-electron chi connectivity index (χ3n) is 11.3. The van der Waals surface area contributed by atoms with Crippen LogP contribution in [0.2, 0.25) is 10.0 Å². The van der Waals surface area contributed by atoms with Gasteiger partial charge in [-0.15, -0.1) is 0 Å². The minimum atomic E-state index is -0.627. The Labute approximate surface area is 417 Å². The fourth-order valence-electron chi connectivity index (χ4n) is 7.50. The van der Waals surface area contributed by atoms with Gasteiger partial charge in [-0.1, -0.05) is 35.3 Å². The summed E-state index contributed by atoms with van der Waals surface area (Å²) in [7, 11) is 3.33. The molecule has 0 saturated carbocycles. The van der Waals surface area contributed by atoms with E-state index in [4.69, 9.17) is 32.7 Å². The maximum absolute atomic E-state index is 12.8. The number of nitrogens with one attached hydrogen (secondary N) is 2. The molecule has 4 N–H and O–H groups in total. The average Bonchev–Trinajstić information content (AvgIpc) is 3.73. The number of Topliss-reactive ketones (excluding diaryl/α,β-unsaturated/α-hetero) is 2. The molecule has 0 spiro atoms. The molecule has 2 amide bonds. The van der Waals surface area contributed by atoms with Crippen molar-refractivity contribution in [2.45, 2.75) is 104 Å². The number of carbonyl (C=O) groups excluding carboxylic acids is 4. The first-order chi connectivity index (χ1) is 32.9. The number of nitrogens with zero attached hydrogens (tertiary/aromatic N) is 4. The zero-order valence-corrected chi connectivity index (χ0v) is 42.6. The molecule has 0 atom stereocenters. The van der Waals surface area contributed by atoms with Crippen molar-refractivity contribution in [1.82, 2.24) is 28.9 Å². The molecule has 2 aromatic heterocycles. The van der Waals surface area contributed by atoms with Crippen molar-refractivity contribution < 1.29 is 38.9 Å². The Morgan fingerprint density at radius 2 is 0.986 bits per heavy atom. The van der Waals surface area contributed by atoms with E-state index in [9.17, 15) is 39.0 Å². The number of hydrogen-bond acceptors (Lipinski definition) is 10. The Hall–Kier alpha value is -6.52. The number of aromatic nitrogens is 4. The number of benzene rings is 4. The molecule has 6 rings (SSSR count). The van der Waals surface area contributed by atoms with Gasteiger partial charge in [0.15, 0.2) is 11.6 Å². The molecule has 70 heavy (non-hydrogen) atoms. The van der Waals surface area contributed by atoms with Crippen molar-refractivity contribution in [1.29, 1.82) is 0 Å². The van der Waals surface area contributed by atoms with Crippen LogP contribution in [-0.2, 0) is 36.4 Å². The lowest BCUT2D eigenvalue weighted by atomic mass is 10.0. The van der Waals surface area contributed by atoms with E-state index >= 15 is 0 Å². The van der Waals surface area contributed by atoms with E-state index in [0.29, 0.717) is 115 Å². The summed E-state index contributed by atoms with van der Waals surface area (Å²) in [5.41, 5.74) is 3.80. The number of amides is 2. The number of H-pyrrole nitrogens is 2. The Bertz CT molecular complexity index is 2940. The number of aromatic amines is 2. The van der Waals surface area contributed by atoms with Crippen LogP contribution in [-0.4, -0.2) is 100 Å². The van der Waals surface area contributed by atoms with Gasteiger partial charge in [0.05, 0.1) is 22.1 Å². The van der Waals surface area contributed by atoms with E-state index in [2.05, 4.69) is 9.97 Å². The number of unbranched alkanes of at least 4 members (excludes halogenated alkanes) is 2. The molecule has 0 aliphatic heterocycles. The van der Waals surface area contributed by atoms with Gasteiger partial charge in [0, 0.05) is 74.3 Å². The second kappa shape index (κ2) is 23.9. The van der Waals surface area contributed by atoms with Crippen LogP contribution in [0.3, 0.4) is 0 Å². The number of ether oxygens (including phenoxy) is 2. The number of ketones is 2. The number of imidazole rings is 2. The first-order valence-corrected chi connectivity index (χ1v) is 24.0. The number of phenolic OH excluding ortho intramolecular Hbond substituents is 2. The number of phenols is 2. The summed E-state index contributed by atoms with van der Waals surface area (Å²) >= 11 is 12.4. The van der Waals surface area contributed by atoms with E-state index < -0.39 is 23.4 Å². The van der Waals surface area contributed by atoms with Crippen molar-refractivity contribution >= 4 is 69.0 Å². The maximum Gasteiger partial charge on any atom is 0.410 e. The molecule has 0 fully saturated rings. The maximum atomic E-state index is 12.8. The lowest BCUT2D eigenvalue weighted by molar-refractivity contribution is 0.0238. The largest absolute Gasteiger partial charge is 0.508 e. The van der Waals surface area contributed by atoms with Crippen molar-refractivity contribution in [2.24, 2.45) is 14.1 Å². The van der Waals surface area contributed by atoms with Gasteiger partial charge in [0.25, 0.3) is 0 Å². The third kappa shape index (κ3) is 15.8. The van der Waals surface area contributed by atoms with Crippen LogP contribution in [0.1, 0.15) is 112 Å². The molecule has 0 saturated heterocycles. The van der Waals surface area contributed by atoms with Crippen molar-refractivity contribution in [2.75, 3.05) is 26.2 Å². The van der Waals surface area contributed by atoms with Gasteiger partial charge in [-0.25, -0.2) is 19.2 Å². The first-order valence-electron chi connectivity index (χ1n) is 23.2. The number of rotatable bonds is 18. The standard InChI is InChI=1S/2C26H32ClN3O5/c1-26(2,3)35-25(34)30(14-12-17-8-10-19(31)16-20(17)27)13-6-5-7-23(32)18-9-11-22-21(15-18)28-24(33)29(22)4;1-26(2,3)35-25(34)30(14-12-17-8-10-19(31)16-20(17)27)13-6-5-7-23(32)18-9-11-21-22(15-18)29(4)24(33)28-21/h2*8-11,15-16,31H,5-7,12-14H2,1-4H3,(H,28,33). The van der Waals surface area contributed by atoms with Crippen LogP contribution in [0.15, 0.2) is 82.4 Å². The number of halogens is 2. The van der Waals surface area contributed by atoms with Gasteiger partial charge in [-0.2, -0.15) is 0 Å². The number of fused-ring (bicyclic) bond motifs is 2. The normalized spacial score (nSPS) is 11.6. The molecule has 6 aromatic rings. The summed E-state index contributed by atoms with van der Waals surface area (Å²) in [5.74, 6) is 0.145. The van der Waals surface area contributed by atoms with Crippen LogP contribution < -0.4 is 11.4 Å². The molecular formula is C52H64Cl2N6O10. The topological polar surface area (TPSA) is 209 Å². The van der Waals surface area contributed by atoms with E-state index in [1.165, 1.54) is 21.3 Å². The number of aryl methyl sites for hydroxylation is 2. The number of hydrogen-bond donors (Lipinski definition) is 4. The Kier molecular flexibility index (Phi) is 18.6. The molecule has 0 unspecified atom stereocenters. The number of carbonyl (C=O) groups is 4. The average molecular weight is 1000 g/mol. The molecule has 376 valence electrons. The van der Waals surface area contributed by atoms with Gasteiger partial charge in [-0.3, -0.25) is 18.7 Å². The van der Waals surface area contributed by atoms with Crippen LogP contribution in [0.5, 0.6) is 11.5 Å².